The number of anilines is 1. The van der Waals surface area contributed by atoms with E-state index in [0.29, 0.717) is 12.5 Å². The van der Waals surface area contributed by atoms with E-state index in [1.165, 1.54) is 0 Å². The summed E-state index contributed by atoms with van der Waals surface area (Å²) >= 11 is 0. The second-order valence-electron chi connectivity index (χ2n) is 3.51. The van der Waals surface area contributed by atoms with E-state index in [4.69, 9.17) is 5.73 Å². The number of nitrogens with zero attached hydrogens (tertiary/aromatic N) is 2. The number of guanidine groups is 1. The molecule has 0 fully saturated rings. The molecule has 4 nitrogen and oxygen atoms in total. The van der Waals surface area contributed by atoms with Crippen LogP contribution in [-0.2, 0) is 6.54 Å². The van der Waals surface area contributed by atoms with Crippen LogP contribution in [0.5, 0.6) is 0 Å². The Kier molecular flexibility index (Phi) is 6.13. The van der Waals surface area contributed by atoms with E-state index in [2.05, 4.69) is 15.3 Å². The molecule has 2 rings (SSSR count). The van der Waals surface area contributed by atoms with Crippen molar-refractivity contribution in [2.45, 2.75) is 6.54 Å². The molecule has 0 saturated carbocycles. The molecular weight excluding hydrogens is 339 g/mol. The van der Waals surface area contributed by atoms with Gasteiger partial charge in [0.15, 0.2) is 5.96 Å². The zero-order valence-corrected chi connectivity index (χ0v) is 12.1. The summed E-state index contributed by atoms with van der Waals surface area (Å²) in [6, 6.07) is 15.4. The van der Waals surface area contributed by atoms with Gasteiger partial charge in [0.25, 0.3) is 0 Å². The molecule has 1 aromatic heterocycles. The second kappa shape index (κ2) is 7.65. The van der Waals surface area contributed by atoms with Crippen LogP contribution in [0.4, 0.5) is 5.69 Å². The van der Waals surface area contributed by atoms with Gasteiger partial charge in [-0.05, 0) is 24.3 Å². The molecule has 0 aliphatic heterocycles. The van der Waals surface area contributed by atoms with Crippen molar-refractivity contribution in [3.05, 3.63) is 60.4 Å². The predicted octanol–water partition coefficient (Wildman–Crippen LogP) is 2.63. The molecule has 0 aliphatic rings. The SMILES string of the molecule is I.NC(=NCc1ccccn1)Nc1ccccc1. The van der Waals surface area contributed by atoms with Crippen LogP contribution in [0.1, 0.15) is 5.69 Å². The van der Waals surface area contributed by atoms with Gasteiger partial charge in [0.1, 0.15) is 0 Å². The minimum absolute atomic E-state index is 0. The summed E-state index contributed by atoms with van der Waals surface area (Å²) in [6.45, 7) is 0.479. The molecule has 0 amide bonds. The Morgan fingerprint density at radius 3 is 2.50 bits per heavy atom. The highest BCUT2D eigenvalue weighted by atomic mass is 127. The number of nitrogens with one attached hydrogen (secondary N) is 1. The summed E-state index contributed by atoms with van der Waals surface area (Å²) in [6.07, 6.45) is 1.74. The molecule has 5 heteroatoms. The molecule has 1 heterocycles. The Morgan fingerprint density at radius 2 is 1.83 bits per heavy atom. The van der Waals surface area contributed by atoms with Crippen LogP contribution in [0.15, 0.2) is 59.7 Å². The molecule has 2 aromatic rings. The first-order valence-corrected chi connectivity index (χ1v) is 5.36. The van der Waals surface area contributed by atoms with Crippen molar-refractivity contribution in [3.63, 3.8) is 0 Å². The molecule has 94 valence electrons. The number of aromatic nitrogens is 1. The number of hydrogen-bond donors (Lipinski definition) is 2. The fraction of sp³-hybridized carbons (Fsp3) is 0.0769. The van der Waals surface area contributed by atoms with Crippen LogP contribution in [0.3, 0.4) is 0 Å². The van der Waals surface area contributed by atoms with Gasteiger partial charge in [0.2, 0.25) is 0 Å². The number of rotatable bonds is 3. The lowest BCUT2D eigenvalue weighted by atomic mass is 10.3. The lowest BCUT2D eigenvalue weighted by molar-refractivity contribution is 0.985. The largest absolute Gasteiger partial charge is 0.370 e. The van der Waals surface area contributed by atoms with Crippen LogP contribution in [0.25, 0.3) is 0 Å². The average molecular weight is 354 g/mol. The third-order valence-corrected chi connectivity index (χ3v) is 2.18. The van der Waals surface area contributed by atoms with Crippen LogP contribution in [0.2, 0.25) is 0 Å². The highest BCUT2D eigenvalue weighted by molar-refractivity contribution is 14.0. The van der Waals surface area contributed by atoms with Gasteiger partial charge in [-0.15, -0.1) is 24.0 Å². The maximum Gasteiger partial charge on any atom is 0.193 e. The number of benzene rings is 1. The Hall–Kier alpha value is -1.63. The summed E-state index contributed by atoms with van der Waals surface area (Å²) in [5.41, 5.74) is 7.58. The Morgan fingerprint density at radius 1 is 1.11 bits per heavy atom. The standard InChI is InChI=1S/C13H14N4.HI/c14-13(17-11-6-2-1-3-7-11)16-10-12-8-4-5-9-15-12;/h1-9H,10H2,(H3,14,16,17);1H. The molecule has 0 spiro atoms. The minimum atomic E-state index is 0. The molecular formula is C13H15IN4. The van der Waals surface area contributed by atoms with Crippen molar-refractivity contribution < 1.29 is 0 Å². The van der Waals surface area contributed by atoms with Gasteiger partial charge in [0, 0.05) is 11.9 Å². The number of pyridine rings is 1. The van der Waals surface area contributed by atoms with Crippen molar-refractivity contribution in [1.82, 2.24) is 4.98 Å². The third-order valence-electron chi connectivity index (χ3n) is 2.18. The molecule has 1 aromatic carbocycles. The molecule has 0 saturated heterocycles. The second-order valence-corrected chi connectivity index (χ2v) is 3.51. The normalized spacial score (nSPS) is 10.6. The van der Waals surface area contributed by atoms with E-state index in [1.807, 2.05) is 48.5 Å². The summed E-state index contributed by atoms with van der Waals surface area (Å²) in [4.78, 5) is 8.38. The highest BCUT2D eigenvalue weighted by Crippen LogP contribution is 2.04. The summed E-state index contributed by atoms with van der Waals surface area (Å²) < 4.78 is 0. The topological polar surface area (TPSA) is 63.3 Å². The monoisotopic (exact) mass is 354 g/mol. The van der Waals surface area contributed by atoms with Gasteiger partial charge < -0.3 is 11.1 Å². The Labute approximate surface area is 123 Å². The molecule has 0 atom stereocenters. The first kappa shape index (κ1) is 14.4. The predicted molar refractivity (Wildman–Crippen MR) is 85.0 cm³/mol. The van der Waals surface area contributed by atoms with Crippen LogP contribution in [-0.4, -0.2) is 10.9 Å². The van der Waals surface area contributed by atoms with E-state index < -0.39 is 0 Å². The van der Waals surface area contributed by atoms with E-state index in [9.17, 15) is 0 Å². The fourth-order valence-electron chi connectivity index (χ4n) is 1.37. The summed E-state index contributed by atoms with van der Waals surface area (Å²) in [7, 11) is 0. The van der Waals surface area contributed by atoms with Gasteiger partial charge in [-0.25, -0.2) is 4.99 Å². The number of halogens is 1. The number of aliphatic imine (C=N–C) groups is 1. The van der Waals surface area contributed by atoms with Crippen LogP contribution >= 0.6 is 24.0 Å². The van der Waals surface area contributed by atoms with Gasteiger partial charge in [-0.2, -0.15) is 0 Å². The van der Waals surface area contributed by atoms with Crippen LogP contribution in [0, 0.1) is 0 Å². The van der Waals surface area contributed by atoms with Crippen molar-refractivity contribution in [3.8, 4) is 0 Å². The fourth-order valence-corrected chi connectivity index (χ4v) is 1.37. The minimum Gasteiger partial charge on any atom is -0.370 e. The van der Waals surface area contributed by atoms with Gasteiger partial charge in [-0.1, -0.05) is 24.3 Å². The average Bonchev–Trinajstić information content (AvgIpc) is 2.39. The van der Waals surface area contributed by atoms with Gasteiger partial charge >= 0.3 is 0 Å². The van der Waals surface area contributed by atoms with E-state index in [1.54, 1.807) is 6.20 Å². The highest BCUT2D eigenvalue weighted by Gasteiger charge is 1.94. The van der Waals surface area contributed by atoms with E-state index in [0.717, 1.165) is 11.4 Å². The summed E-state index contributed by atoms with van der Waals surface area (Å²) in [5.74, 6) is 0.391. The lowest BCUT2D eigenvalue weighted by Crippen LogP contribution is -2.22. The first-order chi connectivity index (χ1) is 8.34. The quantitative estimate of drug-likeness (QED) is 0.506. The van der Waals surface area contributed by atoms with Crippen molar-refractivity contribution in [2.75, 3.05) is 5.32 Å². The third kappa shape index (κ3) is 4.70. The molecule has 18 heavy (non-hydrogen) atoms. The number of nitrogens with two attached hydrogens (primary N) is 1. The molecule has 0 bridgehead atoms. The van der Waals surface area contributed by atoms with Gasteiger partial charge in [-0.3, -0.25) is 4.98 Å². The van der Waals surface area contributed by atoms with Crippen molar-refractivity contribution in [1.29, 1.82) is 0 Å². The maximum atomic E-state index is 5.76. The number of para-hydroxylation sites is 1. The zero-order valence-electron chi connectivity index (χ0n) is 9.78. The number of hydrogen-bond acceptors (Lipinski definition) is 2. The summed E-state index contributed by atoms with van der Waals surface area (Å²) in [5, 5.41) is 3.01. The lowest BCUT2D eigenvalue weighted by Gasteiger charge is -2.04. The van der Waals surface area contributed by atoms with E-state index in [-0.39, 0.29) is 24.0 Å². The molecule has 0 aliphatic carbocycles. The Balaban J connectivity index is 0.00000162. The van der Waals surface area contributed by atoms with Crippen LogP contribution < -0.4 is 11.1 Å². The van der Waals surface area contributed by atoms with E-state index >= 15 is 0 Å². The smallest absolute Gasteiger partial charge is 0.193 e. The maximum absolute atomic E-state index is 5.76. The van der Waals surface area contributed by atoms with Crippen molar-refractivity contribution >= 4 is 35.6 Å². The van der Waals surface area contributed by atoms with Gasteiger partial charge in [0.05, 0.1) is 12.2 Å². The first-order valence-electron chi connectivity index (χ1n) is 5.36. The molecule has 0 radical (unpaired) electrons. The van der Waals surface area contributed by atoms with Crippen molar-refractivity contribution in [2.24, 2.45) is 10.7 Å². The molecule has 3 N–H and O–H groups in total. The Bertz CT molecular complexity index is 485. The molecule has 0 unspecified atom stereocenters. The zero-order chi connectivity index (χ0) is 11.9.